The minimum Gasteiger partial charge on any atom is -0.305 e. The summed E-state index contributed by atoms with van der Waals surface area (Å²) in [5.41, 5.74) is 0. The molecule has 0 aromatic heterocycles. The van der Waals surface area contributed by atoms with E-state index in [9.17, 15) is 0 Å². The molecule has 1 unspecified atom stereocenters. The Balaban J connectivity index is 0.000000396. The SMILES string of the molecule is CC.CN1CCC(N(C)C2CC2)C1. The van der Waals surface area contributed by atoms with Crippen molar-refractivity contribution in [1.29, 1.82) is 0 Å². The Bertz CT molecular complexity index is 143. The molecule has 1 aliphatic carbocycles. The van der Waals surface area contributed by atoms with E-state index >= 15 is 0 Å². The fourth-order valence-corrected chi connectivity index (χ4v) is 2.02. The summed E-state index contributed by atoms with van der Waals surface area (Å²) < 4.78 is 0. The van der Waals surface area contributed by atoms with Crippen LogP contribution in [0.4, 0.5) is 0 Å². The zero-order chi connectivity index (χ0) is 9.84. The van der Waals surface area contributed by atoms with E-state index in [0.717, 1.165) is 12.1 Å². The minimum atomic E-state index is 0.854. The number of rotatable bonds is 2. The average molecular weight is 184 g/mol. The van der Waals surface area contributed by atoms with Crippen LogP contribution in [-0.2, 0) is 0 Å². The summed E-state index contributed by atoms with van der Waals surface area (Å²) in [6, 6.07) is 1.79. The van der Waals surface area contributed by atoms with Gasteiger partial charge < -0.3 is 4.90 Å². The summed E-state index contributed by atoms with van der Waals surface area (Å²) >= 11 is 0. The van der Waals surface area contributed by atoms with E-state index < -0.39 is 0 Å². The summed E-state index contributed by atoms with van der Waals surface area (Å²) in [6.45, 7) is 6.58. The highest BCUT2D eigenvalue weighted by Gasteiger charge is 2.33. The minimum absolute atomic E-state index is 0.854. The Morgan fingerprint density at radius 1 is 1.08 bits per heavy atom. The van der Waals surface area contributed by atoms with Crippen molar-refractivity contribution in [2.45, 2.75) is 45.2 Å². The molecule has 1 atom stereocenters. The number of hydrogen-bond acceptors (Lipinski definition) is 2. The second-order valence-corrected chi connectivity index (χ2v) is 4.10. The Morgan fingerprint density at radius 2 is 1.69 bits per heavy atom. The van der Waals surface area contributed by atoms with Gasteiger partial charge in [0.05, 0.1) is 0 Å². The fraction of sp³-hybridized carbons (Fsp3) is 1.00. The van der Waals surface area contributed by atoms with Gasteiger partial charge in [0.1, 0.15) is 0 Å². The molecular formula is C11H24N2. The highest BCUT2D eigenvalue weighted by Crippen LogP contribution is 2.29. The fourth-order valence-electron chi connectivity index (χ4n) is 2.02. The zero-order valence-electron chi connectivity index (χ0n) is 9.58. The first-order chi connectivity index (χ1) is 6.27. The first kappa shape index (κ1) is 11.0. The van der Waals surface area contributed by atoms with Crippen molar-refractivity contribution in [1.82, 2.24) is 9.80 Å². The molecule has 0 aromatic carbocycles. The smallest absolute Gasteiger partial charge is 0.0235 e. The van der Waals surface area contributed by atoms with Crippen LogP contribution < -0.4 is 0 Å². The normalized spacial score (nSPS) is 28.8. The summed E-state index contributed by atoms with van der Waals surface area (Å²) in [6.07, 6.45) is 4.26. The molecule has 2 nitrogen and oxygen atoms in total. The monoisotopic (exact) mass is 184 g/mol. The number of likely N-dealkylation sites (N-methyl/N-ethyl adjacent to an activating group) is 2. The Kier molecular flexibility index (Phi) is 4.20. The van der Waals surface area contributed by atoms with Gasteiger partial charge >= 0.3 is 0 Å². The van der Waals surface area contributed by atoms with E-state index in [1.165, 1.54) is 32.4 Å². The van der Waals surface area contributed by atoms with Crippen molar-refractivity contribution >= 4 is 0 Å². The van der Waals surface area contributed by atoms with Crippen LogP contribution in [0.2, 0.25) is 0 Å². The molecule has 1 aliphatic heterocycles. The summed E-state index contributed by atoms with van der Waals surface area (Å²) in [7, 11) is 4.52. The summed E-state index contributed by atoms with van der Waals surface area (Å²) in [5, 5.41) is 0. The van der Waals surface area contributed by atoms with Crippen LogP contribution in [0.15, 0.2) is 0 Å². The van der Waals surface area contributed by atoms with Crippen molar-refractivity contribution in [3.05, 3.63) is 0 Å². The third-order valence-corrected chi connectivity index (χ3v) is 3.07. The van der Waals surface area contributed by atoms with E-state index in [4.69, 9.17) is 0 Å². The third-order valence-electron chi connectivity index (χ3n) is 3.07. The topological polar surface area (TPSA) is 6.48 Å². The largest absolute Gasteiger partial charge is 0.305 e. The molecule has 0 aromatic rings. The molecule has 0 radical (unpaired) electrons. The van der Waals surface area contributed by atoms with Crippen LogP contribution >= 0.6 is 0 Å². The highest BCUT2D eigenvalue weighted by molar-refractivity contribution is 4.90. The van der Waals surface area contributed by atoms with E-state index in [-0.39, 0.29) is 0 Å². The molecule has 2 rings (SSSR count). The number of hydrogen-bond donors (Lipinski definition) is 0. The van der Waals surface area contributed by atoms with Crippen molar-refractivity contribution in [3.8, 4) is 0 Å². The van der Waals surface area contributed by atoms with Gasteiger partial charge in [0.2, 0.25) is 0 Å². The van der Waals surface area contributed by atoms with Gasteiger partial charge in [0.15, 0.2) is 0 Å². The predicted octanol–water partition coefficient (Wildman–Crippen LogP) is 1.81. The van der Waals surface area contributed by atoms with Crippen LogP contribution in [0.25, 0.3) is 0 Å². The van der Waals surface area contributed by atoms with E-state index in [1.807, 2.05) is 13.8 Å². The van der Waals surface area contributed by atoms with Crippen molar-refractivity contribution in [2.24, 2.45) is 0 Å². The van der Waals surface area contributed by atoms with Gasteiger partial charge in [-0.05, 0) is 39.9 Å². The van der Waals surface area contributed by atoms with Crippen LogP contribution in [-0.4, -0.2) is 49.1 Å². The molecule has 2 heteroatoms. The van der Waals surface area contributed by atoms with Gasteiger partial charge in [-0.25, -0.2) is 0 Å². The predicted molar refractivity (Wildman–Crippen MR) is 58.0 cm³/mol. The second-order valence-electron chi connectivity index (χ2n) is 4.10. The lowest BCUT2D eigenvalue weighted by molar-refractivity contribution is 0.232. The van der Waals surface area contributed by atoms with Crippen LogP contribution in [0.3, 0.4) is 0 Å². The summed E-state index contributed by atoms with van der Waals surface area (Å²) in [4.78, 5) is 5.02. The number of likely N-dealkylation sites (tertiary alicyclic amines) is 1. The maximum absolute atomic E-state index is 2.59. The Labute approximate surface area is 82.9 Å². The molecule has 0 bridgehead atoms. The summed E-state index contributed by atoms with van der Waals surface area (Å²) in [5.74, 6) is 0. The highest BCUT2D eigenvalue weighted by atomic mass is 15.3. The second kappa shape index (κ2) is 4.97. The van der Waals surface area contributed by atoms with Gasteiger partial charge in [0.25, 0.3) is 0 Å². The quantitative estimate of drug-likeness (QED) is 0.646. The molecule has 2 fully saturated rings. The molecule has 0 amide bonds. The molecule has 0 spiro atoms. The lowest BCUT2D eigenvalue weighted by atomic mass is 10.2. The molecule has 1 saturated heterocycles. The van der Waals surface area contributed by atoms with Crippen LogP contribution in [0.5, 0.6) is 0 Å². The molecule has 1 heterocycles. The maximum atomic E-state index is 2.59. The average Bonchev–Trinajstić information content (AvgIpc) is 2.92. The standard InChI is InChI=1S/C9H18N2.C2H6/c1-10-6-5-9(7-10)11(2)8-3-4-8;1-2/h8-9H,3-7H2,1-2H3;1-2H3. The van der Waals surface area contributed by atoms with Crippen LogP contribution in [0.1, 0.15) is 33.1 Å². The van der Waals surface area contributed by atoms with E-state index in [1.54, 1.807) is 0 Å². The van der Waals surface area contributed by atoms with Gasteiger partial charge in [-0.1, -0.05) is 13.8 Å². The lowest BCUT2D eigenvalue weighted by Crippen LogP contribution is -2.35. The maximum Gasteiger partial charge on any atom is 0.0235 e. The molecule has 2 aliphatic rings. The van der Waals surface area contributed by atoms with Crippen molar-refractivity contribution in [3.63, 3.8) is 0 Å². The first-order valence-corrected chi connectivity index (χ1v) is 5.68. The van der Waals surface area contributed by atoms with E-state index in [2.05, 4.69) is 23.9 Å². The Morgan fingerprint density at radius 3 is 2.08 bits per heavy atom. The zero-order valence-corrected chi connectivity index (χ0v) is 9.58. The number of nitrogens with zero attached hydrogens (tertiary/aromatic N) is 2. The molecular weight excluding hydrogens is 160 g/mol. The molecule has 0 N–H and O–H groups in total. The Hall–Kier alpha value is -0.0800. The van der Waals surface area contributed by atoms with E-state index in [0.29, 0.717) is 0 Å². The van der Waals surface area contributed by atoms with Crippen LogP contribution in [0, 0.1) is 0 Å². The molecule has 13 heavy (non-hydrogen) atoms. The first-order valence-electron chi connectivity index (χ1n) is 5.68. The molecule has 78 valence electrons. The van der Waals surface area contributed by atoms with Crippen molar-refractivity contribution < 1.29 is 0 Å². The lowest BCUT2D eigenvalue weighted by Gasteiger charge is -2.23. The van der Waals surface area contributed by atoms with Gasteiger partial charge in [0, 0.05) is 18.6 Å². The third kappa shape index (κ3) is 2.96. The van der Waals surface area contributed by atoms with Gasteiger partial charge in [-0.3, -0.25) is 4.90 Å². The van der Waals surface area contributed by atoms with Crippen molar-refractivity contribution in [2.75, 3.05) is 27.2 Å². The molecule has 1 saturated carbocycles. The van der Waals surface area contributed by atoms with Gasteiger partial charge in [-0.15, -0.1) is 0 Å². The van der Waals surface area contributed by atoms with Gasteiger partial charge in [-0.2, -0.15) is 0 Å².